The molecule has 0 radical (unpaired) electrons. The molecule has 0 bridgehead atoms. The Labute approximate surface area is 140 Å². The lowest BCUT2D eigenvalue weighted by Gasteiger charge is -2.07. The lowest BCUT2D eigenvalue weighted by atomic mass is 10.1. The number of fused-ring (bicyclic) bond motifs is 1. The zero-order chi connectivity index (χ0) is 18.0. The third-order valence-electron chi connectivity index (χ3n) is 3.52. The normalized spacial score (nSPS) is 10.4. The van der Waals surface area contributed by atoms with Gasteiger partial charge in [-0.3, -0.25) is 29.4 Å². The molecule has 0 saturated heterocycles. The van der Waals surface area contributed by atoms with E-state index in [0.29, 0.717) is 16.9 Å². The first kappa shape index (κ1) is 16.2. The van der Waals surface area contributed by atoms with E-state index in [9.17, 15) is 19.2 Å². The minimum Gasteiger partial charge on any atom is -0.326 e. The van der Waals surface area contributed by atoms with Crippen molar-refractivity contribution >= 4 is 34.0 Å². The van der Waals surface area contributed by atoms with Crippen molar-refractivity contribution in [3.8, 4) is 0 Å². The molecule has 25 heavy (non-hydrogen) atoms. The summed E-state index contributed by atoms with van der Waals surface area (Å²) in [6.07, 6.45) is 0. The maximum atomic E-state index is 12.3. The van der Waals surface area contributed by atoms with E-state index in [2.05, 4.69) is 20.8 Å². The van der Waals surface area contributed by atoms with Gasteiger partial charge in [0.05, 0.1) is 10.8 Å². The maximum Gasteiger partial charge on any atom is 0.270 e. The summed E-state index contributed by atoms with van der Waals surface area (Å²) >= 11 is 0. The summed E-state index contributed by atoms with van der Waals surface area (Å²) < 4.78 is 0. The fourth-order valence-electron chi connectivity index (χ4n) is 2.37. The van der Waals surface area contributed by atoms with Crippen molar-refractivity contribution < 1.29 is 9.59 Å². The molecule has 2 amide bonds. The summed E-state index contributed by atoms with van der Waals surface area (Å²) in [5.41, 5.74) is 0.487. The molecule has 8 heteroatoms. The number of hydrogen-bond donors (Lipinski definition) is 4. The van der Waals surface area contributed by atoms with Crippen LogP contribution in [-0.4, -0.2) is 22.0 Å². The van der Waals surface area contributed by atoms with Gasteiger partial charge in [0.15, 0.2) is 0 Å². The predicted octanol–water partition coefficient (Wildman–Crippen LogP) is 1.43. The SMILES string of the molecule is CC(=O)Nc1ccc(C(=O)Nc2ccc3c(=O)[nH][nH]c(=O)c3c2)cc1. The van der Waals surface area contributed by atoms with Gasteiger partial charge in [0.2, 0.25) is 5.91 Å². The topological polar surface area (TPSA) is 124 Å². The third kappa shape index (κ3) is 3.47. The third-order valence-corrected chi connectivity index (χ3v) is 3.52. The van der Waals surface area contributed by atoms with Crippen LogP contribution >= 0.6 is 0 Å². The predicted molar refractivity (Wildman–Crippen MR) is 93.9 cm³/mol. The van der Waals surface area contributed by atoms with Gasteiger partial charge < -0.3 is 10.6 Å². The summed E-state index contributed by atoms with van der Waals surface area (Å²) in [6.45, 7) is 1.40. The standard InChI is InChI=1S/C17H14N4O4/c1-9(22)18-11-4-2-10(3-5-11)15(23)19-12-6-7-13-14(8-12)17(25)21-20-16(13)24/h2-8H,1H3,(H,18,22)(H,19,23)(H,20,24)(H,21,25). The van der Waals surface area contributed by atoms with Crippen LogP contribution in [0.2, 0.25) is 0 Å². The van der Waals surface area contributed by atoms with E-state index < -0.39 is 11.1 Å². The first-order chi connectivity index (χ1) is 11.9. The highest BCUT2D eigenvalue weighted by atomic mass is 16.2. The second kappa shape index (κ2) is 6.44. The monoisotopic (exact) mass is 338 g/mol. The molecule has 0 fully saturated rings. The van der Waals surface area contributed by atoms with Crippen molar-refractivity contribution in [3.63, 3.8) is 0 Å². The Morgan fingerprint density at radius 3 is 2.04 bits per heavy atom. The van der Waals surface area contributed by atoms with Crippen molar-refractivity contribution in [3.05, 3.63) is 68.7 Å². The zero-order valence-electron chi connectivity index (χ0n) is 13.2. The number of H-pyrrole nitrogens is 2. The minimum absolute atomic E-state index is 0.183. The molecule has 0 aliphatic rings. The molecule has 3 aromatic rings. The fourth-order valence-corrected chi connectivity index (χ4v) is 2.37. The molecule has 8 nitrogen and oxygen atoms in total. The molecule has 126 valence electrons. The van der Waals surface area contributed by atoms with Crippen LogP contribution in [0.5, 0.6) is 0 Å². The Kier molecular flexibility index (Phi) is 4.17. The Bertz CT molecular complexity index is 1080. The minimum atomic E-state index is -0.453. The van der Waals surface area contributed by atoms with Crippen molar-refractivity contribution in [1.82, 2.24) is 10.2 Å². The van der Waals surface area contributed by atoms with Gasteiger partial charge in [-0.2, -0.15) is 0 Å². The van der Waals surface area contributed by atoms with Crippen LogP contribution in [0.4, 0.5) is 11.4 Å². The number of amides is 2. The number of carbonyl (C=O) groups is 2. The highest BCUT2D eigenvalue weighted by molar-refractivity contribution is 6.05. The fraction of sp³-hybridized carbons (Fsp3) is 0.0588. The molecule has 1 aromatic heterocycles. The number of carbonyl (C=O) groups excluding carboxylic acids is 2. The summed E-state index contributed by atoms with van der Waals surface area (Å²) in [7, 11) is 0. The number of aromatic amines is 2. The van der Waals surface area contributed by atoms with Crippen molar-refractivity contribution in [1.29, 1.82) is 0 Å². The van der Waals surface area contributed by atoms with E-state index in [1.807, 2.05) is 0 Å². The lowest BCUT2D eigenvalue weighted by molar-refractivity contribution is -0.114. The van der Waals surface area contributed by atoms with Crippen LogP contribution in [0, 0.1) is 0 Å². The van der Waals surface area contributed by atoms with E-state index >= 15 is 0 Å². The molecule has 0 aliphatic carbocycles. The molecular formula is C17H14N4O4. The summed E-state index contributed by atoms with van der Waals surface area (Å²) in [4.78, 5) is 46.7. The molecule has 4 N–H and O–H groups in total. The molecular weight excluding hydrogens is 324 g/mol. The smallest absolute Gasteiger partial charge is 0.270 e. The van der Waals surface area contributed by atoms with Gasteiger partial charge >= 0.3 is 0 Å². The highest BCUT2D eigenvalue weighted by Gasteiger charge is 2.09. The van der Waals surface area contributed by atoms with E-state index in [1.165, 1.54) is 19.1 Å². The van der Waals surface area contributed by atoms with Crippen LogP contribution in [0.15, 0.2) is 52.1 Å². The number of aromatic nitrogens is 2. The molecule has 0 aliphatic heterocycles. The van der Waals surface area contributed by atoms with E-state index in [-0.39, 0.29) is 22.6 Å². The van der Waals surface area contributed by atoms with Gasteiger partial charge in [-0.25, -0.2) is 0 Å². The molecule has 1 heterocycles. The molecule has 3 rings (SSSR count). The first-order valence-corrected chi connectivity index (χ1v) is 7.38. The molecule has 2 aromatic carbocycles. The quantitative estimate of drug-likeness (QED) is 0.576. The summed E-state index contributed by atoms with van der Waals surface area (Å²) in [5, 5.41) is 10.2. The zero-order valence-corrected chi connectivity index (χ0v) is 13.2. The van der Waals surface area contributed by atoms with Gasteiger partial charge in [0.25, 0.3) is 17.0 Å². The number of anilines is 2. The van der Waals surface area contributed by atoms with Crippen LogP contribution < -0.4 is 21.8 Å². The Hall–Kier alpha value is -3.68. The average molecular weight is 338 g/mol. The molecule has 0 saturated carbocycles. The molecule has 0 unspecified atom stereocenters. The second-order valence-corrected chi connectivity index (χ2v) is 5.38. The van der Waals surface area contributed by atoms with Crippen LogP contribution in [0.1, 0.15) is 17.3 Å². The van der Waals surface area contributed by atoms with E-state index in [1.54, 1.807) is 30.3 Å². The summed E-state index contributed by atoms with van der Waals surface area (Å²) in [5.74, 6) is -0.580. The maximum absolute atomic E-state index is 12.3. The van der Waals surface area contributed by atoms with E-state index in [4.69, 9.17) is 0 Å². The highest BCUT2D eigenvalue weighted by Crippen LogP contribution is 2.15. The largest absolute Gasteiger partial charge is 0.326 e. The van der Waals surface area contributed by atoms with Gasteiger partial charge in [0.1, 0.15) is 0 Å². The second-order valence-electron chi connectivity index (χ2n) is 5.38. The van der Waals surface area contributed by atoms with Crippen molar-refractivity contribution in [2.75, 3.05) is 10.6 Å². The lowest BCUT2D eigenvalue weighted by Crippen LogP contribution is -2.19. The number of nitrogens with one attached hydrogen (secondary N) is 4. The van der Waals surface area contributed by atoms with Crippen molar-refractivity contribution in [2.45, 2.75) is 6.92 Å². The Balaban J connectivity index is 1.84. The Morgan fingerprint density at radius 2 is 1.40 bits per heavy atom. The molecule has 0 atom stereocenters. The van der Waals surface area contributed by atoms with Crippen LogP contribution in [-0.2, 0) is 4.79 Å². The average Bonchev–Trinajstić information content (AvgIpc) is 2.58. The number of rotatable bonds is 3. The van der Waals surface area contributed by atoms with Crippen LogP contribution in [0.3, 0.4) is 0 Å². The first-order valence-electron chi connectivity index (χ1n) is 7.38. The van der Waals surface area contributed by atoms with Gasteiger partial charge in [-0.05, 0) is 42.5 Å². The van der Waals surface area contributed by atoms with Gasteiger partial charge in [0, 0.05) is 23.9 Å². The van der Waals surface area contributed by atoms with Crippen LogP contribution in [0.25, 0.3) is 10.8 Å². The Morgan fingerprint density at radius 1 is 0.800 bits per heavy atom. The molecule has 0 spiro atoms. The number of hydrogen-bond acceptors (Lipinski definition) is 4. The summed E-state index contributed by atoms with van der Waals surface area (Å²) in [6, 6.07) is 10.8. The van der Waals surface area contributed by atoms with Gasteiger partial charge in [-0.15, -0.1) is 0 Å². The van der Waals surface area contributed by atoms with E-state index in [0.717, 1.165) is 0 Å². The van der Waals surface area contributed by atoms with Gasteiger partial charge in [-0.1, -0.05) is 0 Å². The van der Waals surface area contributed by atoms with Crippen molar-refractivity contribution in [2.24, 2.45) is 0 Å². The number of benzene rings is 2.